The van der Waals surface area contributed by atoms with Crippen LogP contribution < -0.4 is 11.3 Å². The lowest BCUT2D eigenvalue weighted by Crippen LogP contribution is -2.30. The van der Waals surface area contributed by atoms with Gasteiger partial charge in [0.05, 0.1) is 6.04 Å². The smallest absolute Gasteiger partial charge is 0.131 e. The fourth-order valence-electron chi connectivity index (χ4n) is 1.98. The first kappa shape index (κ1) is 15.2. The molecule has 1 atom stereocenters. The van der Waals surface area contributed by atoms with Crippen LogP contribution in [0.3, 0.4) is 0 Å². The second-order valence-corrected chi connectivity index (χ2v) is 5.23. The van der Waals surface area contributed by atoms with Gasteiger partial charge in [-0.05, 0) is 42.3 Å². The maximum absolute atomic E-state index is 14.0. The maximum atomic E-state index is 14.0. The molecular formula is C14H12Cl2F2N2. The molecule has 0 aliphatic rings. The second kappa shape index (κ2) is 6.06. The van der Waals surface area contributed by atoms with Crippen LogP contribution in [0.1, 0.15) is 22.7 Å². The summed E-state index contributed by atoms with van der Waals surface area (Å²) >= 11 is 12.0. The molecule has 2 rings (SSSR count). The number of rotatable bonds is 3. The predicted molar refractivity (Wildman–Crippen MR) is 76.7 cm³/mol. The normalized spacial score (nSPS) is 12.5. The highest BCUT2D eigenvalue weighted by Gasteiger charge is 2.21. The lowest BCUT2D eigenvalue weighted by atomic mass is 9.97. The minimum absolute atomic E-state index is 0.204. The van der Waals surface area contributed by atoms with E-state index in [0.29, 0.717) is 21.2 Å². The Bertz CT molecular complexity index is 647. The van der Waals surface area contributed by atoms with Gasteiger partial charge in [0.15, 0.2) is 0 Å². The van der Waals surface area contributed by atoms with Crippen LogP contribution >= 0.6 is 23.2 Å². The number of hydrogen-bond acceptors (Lipinski definition) is 2. The second-order valence-electron chi connectivity index (χ2n) is 4.39. The van der Waals surface area contributed by atoms with Crippen molar-refractivity contribution in [1.82, 2.24) is 5.43 Å². The van der Waals surface area contributed by atoms with Gasteiger partial charge in [-0.2, -0.15) is 0 Å². The molecule has 0 aromatic heterocycles. The third-order valence-corrected chi connectivity index (χ3v) is 3.60. The molecule has 0 aliphatic carbocycles. The first-order valence-corrected chi connectivity index (χ1v) is 6.56. The van der Waals surface area contributed by atoms with E-state index in [1.807, 2.05) is 0 Å². The topological polar surface area (TPSA) is 38.0 Å². The van der Waals surface area contributed by atoms with Crippen molar-refractivity contribution in [3.63, 3.8) is 0 Å². The average Bonchev–Trinajstić information content (AvgIpc) is 2.40. The van der Waals surface area contributed by atoms with Crippen molar-refractivity contribution < 1.29 is 8.78 Å². The van der Waals surface area contributed by atoms with E-state index in [0.717, 1.165) is 6.07 Å². The average molecular weight is 317 g/mol. The summed E-state index contributed by atoms with van der Waals surface area (Å²) in [6, 6.07) is 6.30. The lowest BCUT2D eigenvalue weighted by Gasteiger charge is -2.20. The van der Waals surface area contributed by atoms with E-state index < -0.39 is 17.7 Å². The minimum atomic E-state index is -0.722. The molecule has 0 spiro atoms. The van der Waals surface area contributed by atoms with E-state index in [4.69, 9.17) is 29.0 Å². The Morgan fingerprint density at radius 2 is 1.75 bits per heavy atom. The van der Waals surface area contributed by atoms with Gasteiger partial charge in [-0.1, -0.05) is 23.2 Å². The summed E-state index contributed by atoms with van der Waals surface area (Å²) in [6.07, 6.45) is 0. The number of nitrogens with one attached hydrogen (secondary N) is 1. The molecule has 0 aliphatic heterocycles. The highest BCUT2D eigenvalue weighted by Crippen LogP contribution is 2.32. The van der Waals surface area contributed by atoms with Crippen molar-refractivity contribution in [1.29, 1.82) is 0 Å². The number of benzene rings is 2. The number of halogens is 4. The molecule has 0 bridgehead atoms. The molecule has 0 heterocycles. The molecule has 2 nitrogen and oxygen atoms in total. The van der Waals surface area contributed by atoms with Crippen LogP contribution in [0, 0.1) is 18.6 Å². The van der Waals surface area contributed by atoms with Crippen LogP contribution in [0.4, 0.5) is 8.78 Å². The van der Waals surface area contributed by atoms with Gasteiger partial charge in [-0.3, -0.25) is 5.84 Å². The third kappa shape index (κ3) is 2.94. The molecule has 0 radical (unpaired) electrons. The monoisotopic (exact) mass is 316 g/mol. The van der Waals surface area contributed by atoms with Crippen molar-refractivity contribution in [2.75, 3.05) is 0 Å². The fourth-order valence-corrected chi connectivity index (χ4v) is 2.39. The molecule has 3 N–H and O–H groups in total. The standard InChI is InChI=1S/C14H12Cl2F2N2/c1-7-4-10(13(18)6-12(7)17)14(20-19)9-5-8(15)2-3-11(9)16/h2-6,14,20H,19H2,1H3. The van der Waals surface area contributed by atoms with Crippen LogP contribution in [0.5, 0.6) is 0 Å². The summed E-state index contributed by atoms with van der Waals surface area (Å²) in [7, 11) is 0. The Kier molecular flexibility index (Phi) is 4.60. The summed E-state index contributed by atoms with van der Waals surface area (Å²) in [5.74, 6) is 4.19. The molecule has 0 saturated heterocycles. The Hall–Kier alpha value is -1.20. The maximum Gasteiger partial charge on any atom is 0.131 e. The molecule has 0 amide bonds. The summed E-state index contributed by atoms with van der Waals surface area (Å²) in [5.41, 5.74) is 3.53. The zero-order valence-electron chi connectivity index (χ0n) is 10.6. The summed E-state index contributed by atoms with van der Waals surface area (Å²) in [5, 5.41) is 0.836. The highest BCUT2D eigenvalue weighted by molar-refractivity contribution is 6.33. The Morgan fingerprint density at radius 1 is 1.05 bits per heavy atom. The van der Waals surface area contributed by atoms with Crippen molar-refractivity contribution in [3.8, 4) is 0 Å². The molecule has 0 fully saturated rings. The predicted octanol–water partition coefficient (Wildman–Crippen LogP) is 4.13. The lowest BCUT2D eigenvalue weighted by molar-refractivity contribution is 0.538. The molecular weight excluding hydrogens is 305 g/mol. The Labute approximate surface area is 125 Å². The van der Waals surface area contributed by atoms with E-state index in [-0.39, 0.29) is 5.56 Å². The quantitative estimate of drug-likeness (QED) is 0.660. The van der Waals surface area contributed by atoms with Crippen molar-refractivity contribution in [2.24, 2.45) is 5.84 Å². The van der Waals surface area contributed by atoms with Gasteiger partial charge in [0, 0.05) is 21.7 Å². The minimum Gasteiger partial charge on any atom is -0.271 e. The SMILES string of the molecule is Cc1cc(C(NN)c2cc(Cl)ccc2Cl)c(F)cc1F. The van der Waals surface area contributed by atoms with Crippen molar-refractivity contribution in [3.05, 3.63) is 68.7 Å². The Morgan fingerprint density at radius 3 is 2.40 bits per heavy atom. The van der Waals surface area contributed by atoms with Crippen molar-refractivity contribution in [2.45, 2.75) is 13.0 Å². The number of hydrazine groups is 1. The molecule has 106 valence electrons. The fraction of sp³-hybridized carbons (Fsp3) is 0.143. The van der Waals surface area contributed by atoms with E-state index >= 15 is 0 Å². The summed E-state index contributed by atoms with van der Waals surface area (Å²) < 4.78 is 27.3. The van der Waals surface area contributed by atoms with E-state index in [1.165, 1.54) is 6.07 Å². The van der Waals surface area contributed by atoms with Gasteiger partial charge >= 0.3 is 0 Å². The molecule has 6 heteroatoms. The van der Waals surface area contributed by atoms with E-state index in [1.54, 1.807) is 25.1 Å². The molecule has 1 unspecified atom stereocenters. The summed E-state index contributed by atoms with van der Waals surface area (Å²) in [4.78, 5) is 0. The van der Waals surface area contributed by atoms with E-state index in [2.05, 4.69) is 5.43 Å². The zero-order chi connectivity index (χ0) is 14.9. The van der Waals surface area contributed by atoms with Gasteiger partial charge < -0.3 is 0 Å². The van der Waals surface area contributed by atoms with Crippen LogP contribution in [-0.4, -0.2) is 0 Å². The molecule has 2 aromatic carbocycles. The van der Waals surface area contributed by atoms with Gasteiger partial charge in [-0.15, -0.1) is 0 Å². The van der Waals surface area contributed by atoms with Gasteiger partial charge in [0.25, 0.3) is 0 Å². The number of nitrogens with two attached hydrogens (primary N) is 1. The molecule has 20 heavy (non-hydrogen) atoms. The highest BCUT2D eigenvalue weighted by atomic mass is 35.5. The largest absolute Gasteiger partial charge is 0.271 e. The first-order valence-electron chi connectivity index (χ1n) is 5.80. The van der Waals surface area contributed by atoms with Crippen LogP contribution in [0.2, 0.25) is 10.0 Å². The zero-order valence-corrected chi connectivity index (χ0v) is 12.1. The molecule has 2 aromatic rings. The van der Waals surface area contributed by atoms with Crippen LogP contribution in [0.15, 0.2) is 30.3 Å². The number of aryl methyl sites for hydroxylation is 1. The third-order valence-electron chi connectivity index (χ3n) is 3.02. The van der Waals surface area contributed by atoms with Crippen molar-refractivity contribution >= 4 is 23.2 Å². The Balaban J connectivity index is 2.58. The van der Waals surface area contributed by atoms with Gasteiger partial charge in [0.1, 0.15) is 11.6 Å². The summed E-state index contributed by atoms with van der Waals surface area (Å²) in [6.45, 7) is 1.55. The van der Waals surface area contributed by atoms with E-state index in [9.17, 15) is 8.78 Å². The van der Waals surface area contributed by atoms with Crippen LogP contribution in [0.25, 0.3) is 0 Å². The van der Waals surface area contributed by atoms with Gasteiger partial charge in [-0.25, -0.2) is 14.2 Å². The van der Waals surface area contributed by atoms with Gasteiger partial charge in [0.2, 0.25) is 0 Å². The first-order chi connectivity index (χ1) is 9.43. The van der Waals surface area contributed by atoms with Crippen LogP contribution in [-0.2, 0) is 0 Å². The molecule has 0 saturated carbocycles. The number of hydrogen-bond donors (Lipinski definition) is 2.